The minimum Gasteiger partial charge on any atom is -0.393 e. The standard InChI is InChI=1S/C18H24ClN3O/c19-13-4-5-14-15(11-13)21-17(20-14)6-10-22-9-2-8-18(12-22)7-1-3-16(18)23/h4-5,11,16,23H,1-3,6-10,12H2,(H,20,21)/t16-,18+/m1/s1. The van der Waals surface area contributed by atoms with Gasteiger partial charge in [0.1, 0.15) is 5.82 Å². The van der Waals surface area contributed by atoms with Crippen molar-refractivity contribution in [3.05, 3.63) is 29.0 Å². The van der Waals surface area contributed by atoms with Crippen molar-refractivity contribution in [2.45, 2.75) is 44.6 Å². The normalized spacial score (nSPS) is 28.9. The zero-order valence-corrected chi connectivity index (χ0v) is 14.1. The average molecular weight is 334 g/mol. The highest BCUT2D eigenvalue weighted by molar-refractivity contribution is 6.31. The van der Waals surface area contributed by atoms with Gasteiger partial charge in [-0.25, -0.2) is 4.98 Å². The van der Waals surface area contributed by atoms with Gasteiger partial charge < -0.3 is 15.0 Å². The predicted molar refractivity (Wildman–Crippen MR) is 92.8 cm³/mol. The van der Waals surface area contributed by atoms with Gasteiger partial charge in [0.25, 0.3) is 0 Å². The second-order valence-electron chi connectivity index (χ2n) is 7.25. The third kappa shape index (κ3) is 3.00. The van der Waals surface area contributed by atoms with Gasteiger partial charge in [-0.2, -0.15) is 0 Å². The van der Waals surface area contributed by atoms with E-state index in [1.807, 2.05) is 18.2 Å². The number of piperidine rings is 1. The van der Waals surface area contributed by atoms with Crippen molar-refractivity contribution < 1.29 is 5.11 Å². The summed E-state index contributed by atoms with van der Waals surface area (Å²) in [4.78, 5) is 10.5. The maximum absolute atomic E-state index is 10.4. The van der Waals surface area contributed by atoms with Crippen molar-refractivity contribution in [3.63, 3.8) is 0 Å². The number of nitrogens with one attached hydrogen (secondary N) is 1. The first-order valence-electron chi connectivity index (χ1n) is 8.69. The monoisotopic (exact) mass is 333 g/mol. The topological polar surface area (TPSA) is 52.1 Å². The molecule has 1 aromatic carbocycles. The van der Waals surface area contributed by atoms with Gasteiger partial charge >= 0.3 is 0 Å². The van der Waals surface area contributed by atoms with Crippen LogP contribution in [0, 0.1) is 5.41 Å². The van der Waals surface area contributed by atoms with E-state index in [9.17, 15) is 5.11 Å². The van der Waals surface area contributed by atoms with Crippen LogP contribution < -0.4 is 0 Å². The maximum Gasteiger partial charge on any atom is 0.108 e. The molecular weight excluding hydrogens is 310 g/mol. The van der Waals surface area contributed by atoms with Crippen LogP contribution in [0.4, 0.5) is 0 Å². The first-order valence-corrected chi connectivity index (χ1v) is 9.07. The molecule has 0 unspecified atom stereocenters. The third-order valence-electron chi connectivity index (χ3n) is 5.70. The lowest BCUT2D eigenvalue weighted by Crippen LogP contribution is -2.47. The summed E-state index contributed by atoms with van der Waals surface area (Å²) in [5, 5.41) is 11.1. The molecule has 0 radical (unpaired) electrons. The predicted octanol–water partition coefficient (Wildman–Crippen LogP) is 3.39. The van der Waals surface area contributed by atoms with E-state index in [0.717, 1.165) is 54.4 Å². The largest absolute Gasteiger partial charge is 0.393 e. The van der Waals surface area contributed by atoms with E-state index in [1.165, 1.54) is 25.7 Å². The summed E-state index contributed by atoms with van der Waals surface area (Å²) in [6, 6.07) is 5.77. The minimum atomic E-state index is -0.0985. The van der Waals surface area contributed by atoms with E-state index in [1.54, 1.807) is 0 Å². The Morgan fingerprint density at radius 1 is 1.35 bits per heavy atom. The van der Waals surface area contributed by atoms with E-state index in [0.29, 0.717) is 0 Å². The molecule has 2 fully saturated rings. The fraction of sp³-hybridized carbons (Fsp3) is 0.611. The molecule has 1 aliphatic carbocycles. The smallest absolute Gasteiger partial charge is 0.108 e. The molecule has 5 heteroatoms. The Kier molecular flexibility index (Phi) is 4.08. The Hall–Kier alpha value is -1.10. The zero-order chi connectivity index (χ0) is 15.9. The Balaban J connectivity index is 1.41. The lowest BCUT2D eigenvalue weighted by Gasteiger charge is -2.42. The number of hydrogen-bond donors (Lipinski definition) is 2. The van der Waals surface area contributed by atoms with Crippen LogP contribution in [-0.2, 0) is 6.42 Å². The number of aromatic amines is 1. The number of aliphatic hydroxyl groups is 1. The number of H-pyrrole nitrogens is 1. The highest BCUT2D eigenvalue weighted by Crippen LogP contribution is 2.44. The molecule has 4 rings (SSSR count). The lowest BCUT2D eigenvalue weighted by atomic mass is 9.76. The van der Waals surface area contributed by atoms with Crippen LogP contribution in [0.1, 0.15) is 37.9 Å². The number of aromatic nitrogens is 2. The summed E-state index contributed by atoms with van der Waals surface area (Å²) in [7, 11) is 0. The Morgan fingerprint density at radius 2 is 2.22 bits per heavy atom. The molecule has 23 heavy (non-hydrogen) atoms. The van der Waals surface area contributed by atoms with Gasteiger partial charge in [-0.1, -0.05) is 18.0 Å². The second-order valence-corrected chi connectivity index (χ2v) is 7.68. The molecule has 1 aliphatic heterocycles. The summed E-state index contributed by atoms with van der Waals surface area (Å²) < 4.78 is 0. The molecule has 4 nitrogen and oxygen atoms in total. The molecule has 0 bridgehead atoms. The number of hydrogen-bond acceptors (Lipinski definition) is 3. The average Bonchev–Trinajstić information content (AvgIpc) is 3.09. The molecule has 2 aliphatic rings. The summed E-state index contributed by atoms with van der Waals surface area (Å²) >= 11 is 6.03. The molecule has 2 N–H and O–H groups in total. The maximum atomic E-state index is 10.4. The Bertz CT molecular complexity index is 701. The van der Waals surface area contributed by atoms with Gasteiger partial charge in [-0.15, -0.1) is 0 Å². The second kappa shape index (κ2) is 6.08. The van der Waals surface area contributed by atoms with Crippen LogP contribution in [0.3, 0.4) is 0 Å². The molecule has 0 amide bonds. The quantitative estimate of drug-likeness (QED) is 0.905. The number of benzene rings is 1. The molecule has 1 saturated carbocycles. The number of likely N-dealkylation sites (tertiary alicyclic amines) is 1. The number of rotatable bonds is 3. The summed E-state index contributed by atoms with van der Waals surface area (Å²) in [6.45, 7) is 3.18. The fourth-order valence-electron chi connectivity index (χ4n) is 4.46. The SMILES string of the molecule is O[C@@H]1CCC[C@@]12CCCN(CCc1nc3ccc(Cl)cc3[nH]1)C2. The molecule has 2 atom stereocenters. The van der Waals surface area contributed by atoms with Crippen molar-refractivity contribution in [2.24, 2.45) is 5.41 Å². The number of fused-ring (bicyclic) bond motifs is 1. The van der Waals surface area contributed by atoms with Crippen molar-refractivity contribution in [1.29, 1.82) is 0 Å². The fourth-order valence-corrected chi connectivity index (χ4v) is 4.63. The van der Waals surface area contributed by atoms with Crippen molar-refractivity contribution in [3.8, 4) is 0 Å². The molecule has 1 saturated heterocycles. The van der Waals surface area contributed by atoms with E-state index in [2.05, 4.69) is 14.9 Å². The Morgan fingerprint density at radius 3 is 3.04 bits per heavy atom. The van der Waals surface area contributed by atoms with E-state index < -0.39 is 0 Å². The highest BCUT2D eigenvalue weighted by atomic mass is 35.5. The summed E-state index contributed by atoms with van der Waals surface area (Å²) in [5.74, 6) is 1.02. The summed E-state index contributed by atoms with van der Waals surface area (Å²) in [6.07, 6.45) is 6.56. The van der Waals surface area contributed by atoms with Crippen molar-refractivity contribution in [2.75, 3.05) is 19.6 Å². The minimum absolute atomic E-state index is 0.0985. The first-order chi connectivity index (χ1) is 11.1. The molecule has 124 valence electrons. The van der Waals surface area contributed by atoms with Gasteiger partial charge in [0.05, 0.1) is 17.1 Å². The van der Waals surface area contributed by atoms with Gasteiger partial charge in [-0.05, 0) is 50.4 Å². The van der Waals surface area contributed by atoms with Crippen molar-refractivity contribution in [1.82, 2.24) is 14.9 Å². The van der Waals surface area contributed by atoms with Gasteiger partial charge in [0, 0.05) is 29.9 Å². The van der Waals surface area contributed by atoms with Crippen molar-refractivity contribution >= 4 is 22.6 Å². The molecule has 2 heterocycles. The molecule has 1 spiro atoms. The van der Waals surface area contributed by atoms with Crippen LogP contribution in [0.25, 0.3) is 11.0 Å². The molecular formula is C18H24ClN3O. The number of halogens is 1. The van der Waals surface area contributed by atoms with Crippen LogP contribution in [0.15, 0.2) is 18.2 Å². The lowest BCUT2D eigenvalue weighted by molar-refractivity contribution is -0.00916. The molecule has 2 aromatic rings. The number of nitrogens with zero attached hydrogens (tertiary/aromatic N) is 2. The number of imidazole rings is 1. The highest BCUT2D eigenvalue weighted by Gasteiger charge is 2.44. The van der Waals surface area contributed by atoms with E-state index in [-0.39, 0.29) is 11.5 Å². The van der Waals surface area contributed by atoms with Crippen LogP contribution in [-0.4, -0.2) is 45.7 Å². The van der Waals surface area contributed by atoms with Crippen LogP contribution in [0.2, 0.25) is 5.02 Å². The van der Waals surface area contributed by atoms with E-state index >= 15 is 0 Å². The van der Waals surface area contributed by atoms with Crippen LogP contribution >= 0.6 is 11.6 Å². The summed E-state index contributed by atoms with van der Waals surface area (Å²) in [5.41, 5.74) is 2.15. The van der Waals surface area contributed by atoms with E-state index in [4.69, 9.17) is 11.6 Å². The Labute approximate surface area is 141 Å². The van der Waals surface area contributed by atoms with Gasteiger partial charge in [0.2, 0.25) is 0 Å². The van der Waals surface area contributed by atoms with Gasteiger partial charge in [0.15, 0.2) is 0 Å². The van der Waals surface area contributed by atoms with Crippen LogP contribution in [0.5, 0.6) is 0 Å². The number of aliphatic hydroxyl groups excluding tert-OH is 1. The first kappa shape index (κ1) is 15.4. The third-order valence-corrected chi connectivity index (χ3v) is 5.94. The van der Waals surface area contributed by atoms with Gasteiger partial charge in [-0.3, -0.25) is 0 Å². The zero-order valence-electron chi connectivity index (χ0n) is 13.4. The molecule has 1 aromatic heterocycles.